The molecule has 3 heteroatoms. The summed E-state index contributed by atoms with van der Waals surface area (Å²) in [5.41, 5.74) is 0.565. The molecule has 2 atom stereocenters. The number of rotatable bonds is 6. The summed E-state index contributed by atoms with van der Waals surface area (Å²) in [5, 5.41) is 8.15. The van der Waals surface area contributed by atoms with Crippen LogP contribution in [-0.4, -0.2) is 6.54 Å². The Morgan fingerprint density at radius 2 is 2.00 bits per heavy atom. The van der Waals surface area contributed by atoms with Crippen molar-refractivity contribution in [1.29, 1.82) is 0 Å². The van der Waals surface area contributed by atoms with Gasteiger partial charge in [0.05, 0.1) is 0 Å². The Morgan fingerprint density at radius 1 is 1.26 bits per heavy atom. The monoisotopic (exact) mass is 291 g/mol. The molecule has 2 unspecified atom stereocenters. The molecule has 1 aliphatic rings. The third-order valence-corrected chi connectivity index (χ3v) is 6.08. The second-order valence-electron chi connectivity index (χ2n) is 6.15. The van der Waals surface area contributed by atoms with Gasteiger partial charge in [-0.1, -0.05) is 26.0 Å². The van der Waals surface area contributed by atoms with Gasteiger partial charge in [-0.2, -0.15) is 0 Å². The van der Waals surface area contributed by atoms with Crippen LogP contribution < -0.4 is 5.32 Å². The minimum absolute atomic E-state index is 0.482. The molecule has 0 bridgehead atoms. The smallest absolute Gasteiger partial charge is 0.0463 e. The normalized spacial score (nSPS) is 22.3. The van der Waals surface area contributed by atoms with E-state index in [9.17, 15) is 0 Å². The van der Waals surface area contributed by atoms with Gasteiger partial charge in [-0.05, 0) is 47.2 Å². The van der Waals surface area contributed by atoms with Gasteiger partial charge in [0.15, 0.2) is 0 Å². The Morgan fingerprint density at radius 3 is 2.58 bits per heavy atom. The molecular weight excluding hydrogens is 270 g/mol. The third-order valence-electron chi connectivity index (χ3n) is 4.20. The summed E-state index contributed by atoms with van der Waals surface area (Å²) >= 11 is 3.73. The van der Waals surface area contributed by atoms with Crippen molar-refractivity contribution < 1.29 is 0 Å². The summed E-state index contributed by atoms with van der Waals surface area (Å²) < 4.78 is 0. The maximum absolute atomic E-state index is 3.80. The molecule has 1 nitrogen and oxygen atoms in total. The first-order valence-corrected chi connectivity index (χ1v) is 8.70. The highest BCUT2D eigenvalue weighted by Crippen LogP contribution is 2.51. The predicted octanol–water partition coefficient (Wildman–Crippen LogP) is 4.73. The summed E-state index contributed by atoms with van der Waals surface area (Å²) in [5.74, 6) is 0.860. The first-order valence-electron chi connectivity index (χ1n) is 6.94. The van der Waals surface area contributed by atoms with Crippen LogP contribution in [0.3, 0.4) is 0 Å². The molecule has 102 valence electrons. The van der Waals surface area contributed by atoms with Crippen molar-refractivity contribution in [3.05, 3.63) is 44.8 Å². The van der Waals surface area contributed by atoms with Gasteiger partial charge in [0.1, 0.15) is 0 Å². The van der Waals surface area contributed by atoms with Crippen molar-refractivity contribution in [2.75, 3.05) is 6.54 Å². The Hall–Kier alpha value is -0.640. The highest BCUT2D eigenvalue weighted by molar-refractivity contribution is 7.10. The third kappa shape index (κ3) is 3.28. The van der Waals surface area contributed by atoms with Crippen molar-refractivity contribution in [3.8, 4) is 0 Å². The van der Waals surface area contributed by atoms with Gasteiger partial charge in [-0.25, -0.2) is 0 Å². The summed E-state index contributed by atoms with van der Waals surface area (Å²) in [6.45, 7) is 5.90. The van der Waals surface area contributed by atoms with Crippen molar-refractivity contribution in [3.63, 3.8) is 0 Å². The lowest BCUT2D eigenvalue weighted by Gasteiger charge is -2.17. The second kappa shape index (κ2) is 5.39. The number of nitrogens with one attached hydrogen (secondary N) is 1. The van der Waals surface area contributed by atoms with E-state index in [4.69, 9.17) is 0 Å². The zero-order valence-corrected chi connectivity index (χ0v) is 13.2. The van der Waals surface area contributed by atoms with E-state index in [1.165, 1.54) is 16.2 Å². The average Bonchev–Trinajstić information content (AvgIpc) is 2.90. The van der Waals surface area contributed by atoms with Crippen LogP contribution in [-0.2, 0) is 6.42 Å². The van der Waals surface area contributed by atoms with Gasteiger partial charge in [0.2, 0.25) is 0 Å². The molecule has 0 aliphatic heterocycles. The molecule has 2 aromatic rings. The van der Waals surface area contributed by atoms with Crippen LogP contribution >= 0.6 is 22.7 Å². The van der Waals surface area contributed by atoms with Crippen molar-refractivity contribution in [2.24, 2.45) is 11.3 Å². The molecule has 0 saturated heterocycles. The number of thiophene rings is 2. The van der Waals surface area contributed by atoms with Crippen LogP contribution in [0.5, 0.6) is 0 Å². The fourth-order valence-electron chi connectivity index (χ4n) is 2.60. The minimum atomic E-state index is 0.482. The Bertz CT molecular complexity index is 499. The fourth-order valence-corrected chi connectivity index (χ4v) is 4.16. The zero-order chi connectivity index (χ0) is 13.3. The maximum Gasteiger partial charge on any atom is 0.0463 e. The molecule has 1 aliphatic carbocycles. The lowest BCUT2D eigenvalue weighted by atomic mass is 10.1. The molecule has 2 heterocycles. The van der Waals surface area contributed by atoms with Crippen LogP contribution in [0.4, 0.5) is 0 Å². The quantitative estimate of drug-likeness (QED) is 0.811. The largest absolute Gasteiger partial charge is 0.309 e. The van der Waals surface area contributed by atoms with Gasteiger partial charge in [0, 0.05) is 22.2 Å². The molecule has 0 aromatic carbocycles. The molecule has 19 heavy (non-hydrogen) atoms. The van der Waals surface area contributed by atoms with E-state index < -0.39 is 0 Å². The molecule has 0 amide bonds. The molecule has 1 N–H and O–H groups in total. The molecular formula is C16H21NS2. The summed E-state index contributed by atoms with van der Waals surface area (Å²) in [7, 11) is 0. The van der Waals surface area contributed by atoms with Crippen LogP contribution in [0.15, 0.2) is 35.0 Å². The Balaban J connectivity index is 1.63. The summed E-state index contributed by atoms with van der Waals surface area (Å²) in [6, 6.07) is 9.29. The highest BCUT2D eigenvalue weighted by atomic mass is 32.1. The minimum Gasteiger partial charge on any atom is -0.309 e. The Labute approximate surface area is 123 Å². The first kappa shape index (κ1) is 13.3. The number of hydrogen-bond acceptors (Lipinski definition) is 3. The molecule has 0 radical (unpaired) electrons. The molecule has 3 rings (SSSR count). The van der Waals surface area contributed by atoms with Crippen LogP contribution in [0.25, 0.3) is 0 Å². The van der Waals surface area contributed by atoms with Gasteiger partial charge in [0.25, 0.3) is 0 Å². The van der Waals surface area contributed by atoms with Crippen molar-refractivity contribution >= 4 is 22.7 Å². The summed E-state index contributed by atoms with van der Waals surface area (Å²) in [6.07, 6.45) is 2.49. The lowest BCUT2D eigenvalue weighted by molar-refractivity contribution is 0.471. The standard InChI is InChI=1S/C16H21NS2/c1-16(2)10-12(16)11-17-14(15-6-4-8-19-15)9-13-5-3-7-18-13/h3-8,12,14,17H,9-11H2,1-2H3. The second-order valence-corrected chi connectivity index (χ2v) is 8.16. The van der Waals surface area contributed by atoms with Gasteiger partial charge in [-0.15, -0.1) is 22.7 Å². The van der Waals surface area contributed by atoms with Crippen LogP contribution in [0.1, 0.15) is 36.1 Å². The highest BCUT2D eigenvalue weighted by Gasteiger charge is 2.45. The lowest BCUT2D eigenvalue weighted by Crippen LogP contribution is -2.25. The first-order chi connectivity index (χ1) is 9.15. The fraction of sp³-hybridized carbons (Fsp3) is 0.500. The van der Waals surface area contributed by atoms with E-state index in [2.05, 4.69) is 54.2 Å². The average molecular weight is 291 g/mol. The molecule has 1 saturated carbocycles. The van der Waals surface area contributed by atoms with E-state index in [0.29, 0.717) is 11.5 Å². The van der Waals surface area contributed by atoms with Gasteiger partial charge < -0.3 is 5.32 Å². The number of hydrogen-bond donors (Lipinski definition) is 1. The molecule has 2 aromatic heterocycles. The van der Waals surface area contributed by atoms with Gasteiger partial charge in [-0.3, -0.25) is 0 Å². The van der Waals surface area contributed by atoms with E-state index in [-0.39, 0.29) is 0 Å². The van der Waals surface area contributed by atoms with E-state index >= 15 is 0 Å². The summed E-state index contributed by atoms with van der Waals surface area (Å²) in [4.78, 5) is 2.94. The van der Waals surface area contributed by atoms with Crippen molar-refractivity contribution in [1.82, 2.24) is 5.32 Å². The van der Waals surface area contributed by atoms with Crippen LogP contribution in [0, 0.1) is 11.3 Å². The van der Waals surface area contributed by atoms with Crippen molar-refractivity contribution in [2.45, 2.75) is 32.7 Å². The van der Waals surface area contributed by atoms with E-state index in [1.54, 1.807) is 0 Å². The SMILES string of the molecule is CC1(C)CC1CNC(Cc1cccs1)c1cccs1. The maximum atomic E-state index is 3.80. The van der Waals surface area contributed by atoms with Gasteiger partial charge >= 0.3 is 0 Å². The molecule has 1 fully saturated rings. The Kier molecular flexibility index (Phi) is 3.79. The van der Waals surface area contributed by atoms with E-state index in [0.717, 1.165) is 18.9 Å². The van der Waals surface area contributed by atoms with Crippen LogP contribution in [0.2, 0.25) is 0 Å². The zero-order valence-electron chi connectivity index (χ0n) is 11.6. The molecule has 0 spiro atoms. The van der Waals surface area contributed by atoms with E-state index in [1.807, 2.05) is 22.7 Å². The topological polar surface area (TPSA) is 12.0 Å². The predicted molar refractivity (Wildman–Crippen MR) is 85.0 cm³/mol.